The molecule has 0 spiro atoms. The van der Waals surface area contributed by atoms with Gasteiger partial charge in [-0.25, -0.2) is 9.78 Å². The van der Waals surface area contributed by atoms with E-state index >= 15 is 0 Å². The molecule has 5 rings (SSSR count). The zero-order valence-corrected chi connectivity index (χ0v) is 20.6. The van der Waals surface area contributed by atoms with Gasteiger partial charge in [0.25, 0.3) is 0 Å². The minimum absolute atomic E-state index is 0.00535. The molecule has 0 atom stereocenters. The lowest BCUT2D eigenvalue weighted by molar-refractivity contribution is -0.129. The van der Waals surface area contributed by atoms with Gasteiger partial charge in [0, 0.05) is 76.7 Å². The van der Waals surface area contributed by atoms with Crippen molar-refractivity contribution in [1.82, 2.24) is 19.8 Å². The van der Waals surface area contributed by atoms with Gasteiger partial charge in [-0.05, 0) is 37.1 Å². The van der Waals surface area contributed by atoms with Crippen LogP contribution in [-0.2, 0) is 4.79 Å². The Bertz CT molecular complexity index is 1230. The van der Waals surface area contributed by atoms with E-state index in [1.54, 1.807) is 20.2 Å². The number of furan rings is 1. The van der Waals surface area contributed by atoms with Crippen molar-refractivity contribution in [1.29, 1.82) is 0 Å². The lowest BCUT2D eigenvalue weighted by Crippen LogP contribution is -2.48. The number of rotatable bonds is 5. The summed E-state index contributed by atoms with van der Waals surface area (Å²) in [4.78, 5) is 39.9. The van der Waals surface area contributed by atoms with E-state index in [-0.39, 0.29) is 11.9 Å². The molecule has 2 N–H and O–H groups in total. The fraction of sp³-hybridized carbons (Fsp3) is 0.440. The molecule has 0 saturated carbocycles. The van der Waals surface area contributed by atoms with Crippen LogP contribution in [0.4, 0.5) is 27.9 Å². The van der Waals surface area contributed by atoms with E-state index in [4.69, 9.17) is 9.40 Å². The molecule has 4 heterocycles. The third-order valence-corrected chi connectivity index (χ3v) is 7.11. The number of nitrogens with zero attached hydrogens (tertiary/aromatic N) is 6. The zero-order chi connectivity index (χ0) is 25.2. The summed E-state index contributed by atoms with van der Waals surface area (Å²) in [6.07, 6.45) is 2.15. The number of amides is 2. The number of piperidine rings is 1. The average molecular weight is 494 g/mol. The number of piperazine rings is 1. The number of nitrogens with one attached hydrogen (secondary N) is 1. The van der Waals surface area contributed by atoms with E-state index < -0.39 is 6.09 Å². The van der Waals surface area contributed by atoms with Crippen LogP contribution in [0, 0.1) is 0 Å². The first-order valence-electron chi connectivity index (χ1n) is 12.2. The van der Waals surface area contributed by atoms with Crippen LogP contribution in [-0.4, -0.2) is 89.2 Å². The molecule has 11 nitrogen and oxygen atoms in total. The van der Waals surface area contributed by atoms with Gasteiger partial charge >= 0.3 is 6.09 Å². The molecule has 2 aliphatic heterocycles. The van der Waals surface area contributed by atoms with Gasteiger partial charge in [0.1, 0.15) is 5.52 Å². The third kappa shape index (κ3) is 4.86. The lowest BCUT2D eigenvalue weighted by Gasteiger charge is -2.36. The van der Waals surface area contributed by atoms with E-state index in [0.717, 1.165) is 50.4 Å². The Balaban J connectivity index is 1.28. The SMILES string of the molecule is CC(=O)N1CCN(c2ccc(Nc3nc(N4CCC(N(C)C(=O)O)CC4)c4occc4n3)cc2)CC1. The summed E-state index contributed by atoms with van der Waals surface area (Å²) >= 11 is 0. The first-order chi connectivity index (χ1) is 17.4. The number of fused-ring (bicyclic) bond motifs is 1. The van der Waals surface area contributed by atoms with Crippen molar-refractivity contribution >= 4 is 46.2 Å². The first-order valence-corrected chi connectivity index (χ1v) is 12.2. The summed E-state index contributed by atoms with van der Waals surface area (Å²) in [7, 11) is 1.62. The van der Waals surface area contributed by atoms with Crippen molar-refractivity contribution in [2.24, 2.45) is 0 Å². The molecule has 11 heteroatoms. The molecule has 1 aromatic carbocycles. The number of benzene rings is 1. The Morgan fingerprint density at radius 3 is 2.33 bits per heavy atom. The Kier molecular flexibility index (Phi) is 6.53. The number of hydrogen-bond acceptors (Lipinski definition) is 8. The minimum atomic E-state index is -0.903. The molecular weight excluding hydrogens is 462 g/mol. The summed E-state index contributed by atoms with van der Waals surface area (Å²) in [5.41, 5.74) is 3.33. The second-order valence-electron chi connectivity index (χ2n) is 9.28. The third-order valence-electron chi connectivity index (χ3n) is 7.11. The highest BCUT2D eigenvalue weighted by molar-refractivity contribution is 5.85. The van der Waals surface area contributed by atoms with Crippen LogP contribution in [0.3, 0.4) is 0 Å². The van der Waals surface area contributed by atoms with Gasteiger partial charge in [0.15, 0.2) is 11.4 Å². The van der Waals surface area contributed by atoms with E-state index in [2.05, 4.69) is 32.2 Å². The highest BCUT2D eigenvalue weighted by Crippen LogP contribution is 2.30. The van der Waals surface area contributed by atoms with Crippen LogP contribution in [0.25, 0.3) is 11.1 Å². The molecule has 0 radical (unpaired) electrons. The lowest BCUT2D eigenvalue weighted by atomic mass is 10.0. The second-order valence-corrected chi connectivity index (χ2v) is 9.28. The van der Waals surface area contributed by atoms with Crippen LogP contribution >= 0.6 is 0 Å². The monoisotopic (exact) mass is 493 g/mol. The topological polar surface area (TPSA) is 118 Å². The maximum Gasteiger partial charge on any atom is 0.407 e. The molecule has 36 heavy (non-hydrogen) atoms. The number of hydrogen-bond donors (Lipinski definition) is 2. The molecular formula is C25H31N7O4. The summed E-state index contributed by atoms with van der Waals surface area (Å²) < 4.78 is 5.70. The smallest absolute Gasteiger partial charge is 0.407 e. The summed E-state index contributed by atoms with van der Waals surface area (Å²) in [6.45, 7) is 6.08. The molecule has 0 aliphatic carbocycles. The predicted molar refractivity (Wildman–Crippen MR) is 137 cm³/mol. The Morgan fingerprint density at radius 2 is 1.69 bits per heavy atom. The fourth-order valence-corrected chi connectivity index (χ4v) is 4.90. The molecule has 0 unspecified atom stereocenters. The van der Waals surface area contributed by atoms with Crippen molar-refractivity contribution in [3.05, 3.63) is 36.6 Å². The van der Waals surface area contributed by atoms with Crippen molar-refractivity contribution < 1.29 is 19.1 Å². The zero-order valence-electron chi connectivity index (χ0n) is 20.6. The van der Waals surface area contributed by atoms with E-state index in [0.29, 0.717) is 36.0 Å². The number of carbonyl (C=O) groups excluding carboxylic acids is 1. The summed E-state index contributed by atoms with van der Waals surface area (Å²) in [5.74, 6) is 1.32. The number of aromatic nitrogens is 2. The Morgan fingerprint density at radius 1 is 1.00 bits per heavy atom. The predicted octanol–water partition coefficient (Wildman–Crippen LogP) is 3.21. The van der Waals surface area contributed by atoms with Gasteiger partial charge in [-0.1, -0.05) is 0 Å². The highest BCUT2D eigenvalue weighted by Gasteiger charge is 2.28. The van der Waals surface area contributed by atoms with Gasteiger partial charge in [-0.3, -0.25) is 4.79 Å². The minimum Gasteiger partial charge on any atom is -0.465 e. The van der Waals surface area contributed by atoms with Crippen LogP contribution in [0.5, 0.6) is 0 Å². The van der Waals surface area contributed by atoms with Crippen LogP contribution in [0.2, 0.25) is 0 Å². The van der Waals surface area contributed by atoms with Gasteiger partial charge in [0.2, 0.25) is 11.9 Å². The van der Waals surface area contributed by atoms with Crippen molar-refractivity contribution in [3.63, 3.8) is 0 Å². The van der Waals surface area contributed by atoms with E-state index in [1.807, 2.05) is 23.1 Å². The van der Waals surface area contributed by atoms with Gasteiger partial charge in [0.05, 0.1) is 6.26 Å². The largest absolute Gasteiger partial charge is 0.465 e. The van der Waals surface area contributed by atoms with Gasteiger partial charge in [-0.2, -0.15) is 4.98 Å². The van der Waals surface area contributed by atoms with Crippen molar-refractivity contribution in [3.8, 4) is 0 Å². The summed E-state index contributed by atoms with van der Waals surface area (Å²) in [6, 6.07) is 9.94. The van der Waals surface area contributed by atoms with E-state index in [9.17, 15) is 14.7 Å². The molecule has 2 fully saturated rings. The highest BCUT2D eigenvalue weighted by atomic mass is 16.4. The van der Waals surface area contributed by atoms with Crippen molar-refractivity contribution in [2.45, 2.75) is 25.8 Å². The first kappa shape index (κ1) is 23.7. The molecule has 190 valence electrons. The molecule has 0 bridgehead atoms. The van der Waals surface area contributed by atoms with Crippen molar-refractivity contribution in [2.75, 3.05) is 61.4 Å². The maximum atomic E-state index is 11.6. The second kappa shape index (κ2) is 9.92. The fourth-order valence-electron chi connectivity index (χ4n) is 4.90. The number of carboxylic acid groups (broad SMARTS) is 1. The Hall–Kier alpha value is -4.02. The quantitative estimate of drug-likeness (QED) is 0.552. The van der Waals surface area contributed by atoms with Gasteiger partial charge < -0.3 is 34.4 Å². The average Bonchev–Trinajstić information content (AvgIpc) is 3.37. The number of anilines is 4. The van der Waals surface area contributed by atoms with E-state index in [1.165, 1.54) is 4.90 Å². The molecule has 2 aliphatic rings. The normalized spacial score (nSPS) is 16.9. The molecule has 2 amide bonds. The Labute approximate surface area is 209 Å². The van der Waals surface area contributed by atoms with Crippen LogP contribution < -0.4 is 15.1 Å². The maximum absolute atomic E-state index is 11.6. The molecule has 2 saturated heterocycles. The molecule has 2 aromatic heterocycles. The standard InChI is InChI=1S/C25H31N7O4/c1-17(33)30-12-14-31(15-13-30)20-5-3-18(4-6-20)26-24-27-21-9-16-36-22(21)23(28-24)32-10-7-19(8-11-32)29(2)25(34)35/h3-6,9,16,19H,7-8,10-15H2,1-2H3,(H,34,35)(H,26,27,28). The van der Waals surface area contributed by atoms with Crippen LogP contribution in [0.1, 0.15) is 19.8 Å². The molecule has 3 aromatic rings. The number of carbonyl (C=O) groups is 2. The van der Waals surface area contributed by atoms with Crippen LogP contribution in [0.15, 0.2) is 41.0 Å². The van der Waals surface area contributed by atoms with Gasteiger partial charge in [-0.15, -0.1) is 0 Å². The summed E-state index contributed by atoms with van der Waals surface area (Å²) in [5, 5.41) is 12.6.